The minimum Gasteiger partial charge on any atom is -0.310 e. The van der Waals surface area contributed by atoms with E-state index in [9.17, 15) is 0 Å². The molecule has 10 aromatic carbocycles. The minimum atomic E-state index is -0.258. The zero-order valence-electron chi connectivity index (χ0n) is 43.8. The van der Waals surface area contributed by atoms with Gasteiger partial charge >= 0.3 is 0 Å². The van der Waals surface area contributed by atoms with Crippen LogP contribution in [0.1, 0.15) is 135 Å². The summed E-state index contributed by atoms with van der Waals surface area (Å²) >= 11 is 0. The monoisotopic (exact) mass is 941 g/mol. The van der Waals surface area contributed by atoms with Crippen LogP contribution in [0.3, 0.4) is 0 Å². The molecule has 1 heteroatoms. The van der Waals surface area contributed by atoms with Gasteiger partial charge < -0.3 is 4.90 Å². The molecular formula is C72H63N. The molecule has 0 amide bonds. The largest absolute Gasteiger partial charge is 0.310 e. The van der Waals surface area contributed by atoms with Crippen molar-refractivity contribution >= 4 is 38.6 Å². The van der Waals surface area contributed by atoms with E-state index in [4.69, 9.17) is 0 Å². The quantitative estimate of drug-likeness (QED) is 0.139. The molecule has 4 aliphatic carbocycles. The molecular weight excluding hydrogens is 879 g/mol. The van der Waals surface area contributed by atoms with Crippen molar-refractivity contribution in [3.05, 3.63) is 255 Å². The molecule has 14 rings (SSSR count). The molecule has 0 heterocycles. The van der Waals surface area contributed by atoms with Crippen molar-refractivity contribution in [1.29, 1.82) is 0 Å². The summed E-state index contributed by atoms with van der Waals surface area (Å²) in [6, 6.07) is 74.2. The molecule has 0 spiro atoms. The van der Waals surface area contributed by atoms with Crippen molar-refractivity contribution in [2.45, 2.75) is 102 Å². The maximum Gasteiger partial charge on any atom is 0.0468 e. The highest BCUT2D eigenvalue weighted by Crippen LogP contribution is 2.65. The molecule has 2 unspecified atom stereocenters. The van der Waals surface area contributed by atoms with E-state index >= 15 is 0 Å². The number of anilines is 3. The maximum absolute atomic E-state index is 2.65. The third kappa shape index (κ3) is 6.03. The maximum atomic E-state index is 2.65. The van der Waals surface area contributed by atoms with Gasteiger partial charge in [-0.1, -0.05) is 208 Å². The summed E-state index contributed by atoms with van der Waals surface area (Å²) in [4.78, 5) is 2.45. The molecule has 73 heavy (non-hydrogen) atoms. The molecule has 0 radical (unpaired) electrons. The van der Waals surface area contributed by atoms with Gasteiger partial charge in [0.2, 0.25) is 0 Å². The van der Waals surface area contributed by atoms with Crippen LogP contribution >= 0.6 is 0 Å². The first-order chi connectivity index (χ1) is 35.2. The standard InChI is InChI=1S/C72H63N/c1-43(52(45-26-16-11-17-27-45)36-44-24-14-10-15-25-44)46-37-57-65-58(38-46)71(6,7)61-41-53(50-32-22-34-55(69(57,2)3)63(50)67(61)65)54-42-62-68-64-51(54)33-23-35-56(64)70(4,5)59-39-49(40-60(66(59)68)72(62,8)9)73(47-28-18-12-19-29-47)48-30-20-13-21-31-48/h10-35,37-43,52H,36H2,1-9H3. The molecule has 4 aliphatic rings. The first-order valence-electron chi connectivity index (χ1n) is 26.8. The van der Waals surface area contributed by atoms with E-state index in [1.807, 2.05) is 0 Å². The van der Waals surface area contributed by atoms with Crippen LogP contribution in [0.15, 0.2) is 194 Å². The van der Waals surface area contributed by atoms with E-state index in [-0.39, 0.29) is 21.7 Å². The Hall–Kier alpha value is -7.48. The Balaban J connectivity index is 0.978. The summed E-state index contributed by atoms with van der Waals surface area (Å²) in [6.07, 6.45) is 0.996. The van der Waals surface area contributed by atoms with Crippen LogP contribution in [-0.4, -0.2) is 0 Å². The van der Waals surface area contributed by atoms with Gasteiger partial charge in [0.15, 0.2) is 0 Å². The lowest BCUT2D eigenvalue weighted by Gasteiger charge is -2.37. The normalized spacial score (nSPS) is 16.9. The molecule has 0 aromatic heterocycles. The lowest BCUT2D eigenvalue weighted by molar-refractivity contribution is 0.565. The van der Waals surface area contributed by atoms with E-state index < -0.39 is 0 Å². The van der Waals surface area contributed by atoms with Crippen LogP contribution < -0.4 is 4.90 Å². The van der Waals surface area contributed by atoms with E-state index in [2.05, 4.69) is 261 Å². The second kappa shape index (κ2) is 15.3. The van der Waals surface area contributed by atoms with Crippen LogP contribution in [-0.2, 0) is 28.1 Å². The summed E-state index contributed by atoms with van der Waals surface area (Å²) in [7, 11) is 0. The van der Waals surface area contributed by atoms with Crippen molar-refractivity contribution in [3.63, 3.8) is 0 Å². The smallest absolute Gasteiger partial charge is 0.0468 e. The molecule has 356 valence electrons. The van der Waals surface area contributed by atoms with Gasteiger partial charge in [0.25, 0.3) is 0 Å². The minimum absolute atomic E-state index is 0.215. The van der Waals surface area contributed by atoms with Crippen LogP contribution in [0.25, 0.3) is 54.9 Å². The number of hydrogen-bond acceptors (Lipinski definition) is 1. The van der Waals surface area contributed by atoms with Crippen molar-refractivity contribution in [3.8, 4) is 33.4 Å². The number of benzene rings is 10. The molecule has 0 aliphatic heterocycles. The van der Waals surface area contributed by atoms with Crippen LogP contribution in [0.5, 0.6) is 0 Å². The molecule has 1 nitrogen and oxygen atoms in total. The van der Waals surface area contributed by atoms with Crippen molar-refractivity contribution in [2.24, 2.45) is 0 Å². The fourth-order valence-corrected chi connectivity index (χ4v) is 14.7. The summed E-state index contributed by atoms with van der Waals surface area (Å²) in [5.41, 5.74) is 26.9. The Morgan fingerprint density at radius 3 is 1.18 bits per heavy atom. The molecule has 0 fully saturated rings. The Labute approximate surface area is 432 Å². The predicted octanol–water partition coefficient (Wildman–Crippen LogP) is 19.2. The zero-order chi connectivity index (χ0) is 49.9. The second-order valence-electron chi connectivity index (χ2n) is 24.1. The number of nitrogens with zero attached hydrogens (tertiary/aromatic N) is 1. The van der Waals surface area contributed by atoms with E-state index in [0.717, 1.165) is 17.8 Å². The second-order valence-corrected chi connectivity index (χ2v) is 24.1. The highest BCUT2D eigenvalue weighted by atomic mass is 15.1. The predicted molar refractivity (Wildman–Crippen MR) is 309 cm³/mol. The summed E-state index contributed by atoms with van der Waals surface area (Å²) in [6.45, 7) is 22.4. The van der Waals surface area contributed by atoms with Crippen LogP contribution in [0, 0.1) is 0 Å². The average Bonchev–Trinajstić information content (AvgIpc) is 3.81. The van der Waals surface area contributed by atoms with Gasteiger partial charge in [-0.3, -0.25) is 0 Å². The molecule has 0 saturated carbocycles. The summed E-state index contributed by atoms with van der Waals surface area (Å²) in [5, 5.41) is 5.60. The molecule has 10 aromatic rings. The molecule has 0 saturated heterocycles. The molecule has 0 bridgehead atoms. The SMILES string of the molecule is CC(c1cc2c3c(c1)C(C)(C)c1cccc4c(-c5cc6c7c8c(cccc58)C(C)(C)c5cc(N(c8ccccc8)c8ccccc8)cc(c5-7)C6(C)C)cc(c-3c14)C2(C)C)C(Cc1ccccc1)c1ccccc1. The Bertz CT molecular complexity index is 3890. The Kier molecular flexibility index (Phi) is 9.26. The topological polar surface area (TPSA) is 3.24 Å². The lowest BCUT2D eigenvalue weighted by atomic mass is 9.66. The van der Waals surface area contributed by atoms with E-state index in [0.29, 0.717) is 11.8 Å². The van der Waals surface area contributed by atoms with Gasteiger partial charge in [0.05, 0.1) is 0 Å². The molecule has 2 atom stereocenters. The van der Waals surface area contributed by atoms with Gasteiger partial charge in [0, 0.05) is 38.7 Å². The fraction of sp³-hybridized carbons (Fsp3) is 0.222. The van der Waals surface area contributed by atoms with Gasteiger partial charge in [-0.15, -0.1) is 0 Å². The summed E-state index contributed by atoms with van der Waals surface area (Å²) in [5.74, 6) is 0.628. The Morgan fingerprint density at radius 1 is 0.342 bits per heavy atom. The first kappa shape index (κ1) is 44.2. The lowest BCUT2D eigenvalue weighted by Crippen LogP contribution is -2.25. The fourth-order valence-electron chi connectivity index (χ4n) is 14.7. The number of para-hydroxylation sites is 2. The van der Waals surface area contributed by atoms with Gasteiger partial charge in [-0.05, 0) is 183 Å². The Morgan fingerprint density at radius 2 is 0.726 bits per heavy atom. The summed E-state index contributed by atoms with van der Waals surface area (Å²) < 4.78 is 0. The van der Waals surface area contributed by atoms with Crippen molar-refractivity contribution in [1.82, 2.24) is 0 Å². The van der Waals surface area contributed by atoms with Gasteiger partial charge in [-0.2, -0.15) is 0 Å². The van der Waals surface area contributed by atoms with Crippen LogP contribution in [0.2, 0.25) is 0 Å². The van der Waals surface area contributed by atoms with E-state index in [1.165, 1.54) is 122 Å². The number of rotatable bonds is 9. The van der Waals surface area contributed by atoms with Crippen LogP contribution in [0.4, 0.5) is 17.1 Å². The van der Waals surface area contributed by atoms with Crippen molar-refractivity contribution < 1.29 is 0 Å². The first-order valence-corrected chi connectivity index (χ1v) is 26.8. The number of hydrogen-bond donors (Lipinski definition) is 0. The average molecular weight is 942 g/mol. The zero-order valence-corrected chi connectivity index (χ0v) is 43.8. The van der Waals surface area contributed by atoms with E-state index in [1.54, 1.807) is 0 Å². The highest BCUT2D eigenvalue weighted by molar-refractivity contribution is 6.19. The van der Waals surface area contributed by atoms with Gasteiger partial charge in [0.1, 0.15) is 0 Å². The van der Waals surface area contributed by atoms with Crippen molar-refractivity contribution in [2.75, 3.05) is 4.90 Å². The molecule has 0 N–H and O–H groups in total. The third-order valence-corrected chi connectivity index (χ3v) is 18.7. The highest BCUT2D eigenvalue weighted by Gasteiger charge is 2.49. The third-order valence-electron chi connectivity index (χ3n) is 18.7. The van der Waals surface area contributed by atoms with Gasteiger partial charge in [-0.25, -0.2) is 0 Å².